The van der Waals surface area contributed by atoms with Gasteiger partial charge in [0.15, 0.2) is 11.5 Å². The van der Waals surface area contributed by atoms with E-state index >= 15 is 0 Å². The van der Waals surface area contributed by atoms with Gasteiger partial charge >= 0.3 is 6.09 Å². The van der Waals surface area contributed by atoms with Crippen molar-refractivity contribution in [3.63, 3.8) is 0 Å². The summed E-state index contributed by atoms with van der Waals surface area (Å²) in [5.74, 6) is -2.06. The fourth-order valence-corrected chi connectivity index (χ4v) is 5.91. The van der Waals surface area contributed by atoms with Gasteiger partial charge in [-0.3, -0.25) is 19.3 Å². The molecule has 0 aromatic heterocycles. The molecule has 12 nitrogen and oxygen atoms in total. The molecule has 12 heteroatoms. The van der Waals surface area contributed by atoms with Gasteiger partial charge in [-0.25, -0.2) is 4.79 Å². The number of fused-ring (bicyclic) bond motifs is 4. The molecule has 2 amide bonds. The second kappa shape index (κ2) is 9.25. The Morgan fingerprint density at radius 1 is 1.23 bits per heavy atom. The van der Waals surface area contributed by atoms with E-state index in [1.807, 2.05) is 18.7 Å². The maximum Gasteiger partial charge on any atom is 0.404 e. The summed E-state index contributed by atoms with van der Waals surface area (Å²) in [6.45, 7) is 6.33. The highest BCUT2D eigenvalue weighted by molar-refractivity contribution is 6.25. The summed E-state index contributed by atoms with van der Waals surface area (Å²) in [7, 11) is 1.45. The highest BCUT2D eigenvalue weighted by Gasteiger charge is 2.77. The van der Waals surface area contributed by atoms with Crippen LogP contribution < -0.4 is 5.73 Å². The molecule has 3 heterocycles. The molecule has 0 bridgehead atoms. The first-order chi connectivity index (χ1) is 16.7. The molecule has 0 radical (unpaired) electrons. The summed E-state index contributed by atoms with van der Waals surface area (Å²) >= 11 is 0. The third-order valence-corrected chi connectivity index (χ3v) is 7.43. The molecule has 0 spiro atoms. The third kappa shape index (κ3) is 3.62. The van der Waals surface area contributed by atoms with Crippen LogP contribution in [0.4, 0.5) is 4.79 Å². The standard InChI is InChI=1S/C23H32N4O8/c1-5-25(6-2)9-13-18(30)17-16(19(31)20(13)34-8-7-28)14(11-35-22(24)32)23(33-4)21-15(10-26(17)23)27(21)12(3)29/h14-15,21,28H,5-11H2,1-4H3,(H2,24,32)/t14-,15+,21+,23-,27?/m1/s1. The first-order valence-electron chi connectivity index (χ1n) is 11.8. The van der Waals surface area contributed by atoms with E-state index in [0.29, 0.717) is 19.6 Å². The van der Waals surface area contributed by atoms with E-state index in [1.54, 1.807) is 9.80 Å². The van der Waals surface area contributed by atoms with Gasteiger partial charge in [0.25, 0.3) is 0 Å². The molecular formula is C23H32N4O8. The first kappa shape index (κ1) is 25.1. The fourth-order valence-electron chi connectivity index (χ4n) is 5.91. The minimum atomic E-state index is -1.27. The number of hydrogen-bond acceptors (Lipinski definition) is 10. The van der Waals surface area contributed by atoms with E-state index in [9.17, 15) is 24.3 Å². The largest absolute Gasteiger partial charge is 0.487 e. The molecule has 0 aromatic carbocycles. The van der Waals surface area contributed by atoms with Crippen LogP contribution in [0.15, 0.2) is 22.6 Å². The topological polar surface area (TPSA) is 152 Å². The fraction of sp³-hybridized carbons (Fsp3) is 0.652. The zero-order chi connectivity index (χ0) is 25.7. The van der Waals surface area contributed by atoms with Gasteiger partial charge in [-0.2, -0.15) is 0 Å². The van der Waals surface area contributed by atoms with E-state index in [4.69, 9.17) is 19.9 Å². The maximum atomic E-state index is 14.0. The van der Waals surface area contributed by atoms with Crippen LogP contribution in [0.3, 0.4) is 0 Å². The first-order valence-corrected chi connectivity index (χ1v) is 11.8. The average Bonchev–Trinajstić information content (AvgIpc) is 3.34. The summed E-state index contributed by atoms with van der Waals surface area (Å²) < 4.78 is 16.8. The number of primary amides is 1. The molecule has 4 aliphatic rings. The Morgan fingerprint density at radius 2 is 1.91 bits per heavy atom. The van der Waals surface area contributed by atoms with Crippen molar-refractivity contribution in [1.82, 2.24) is 14.7 Å². The molecule has 35 heavy (non-hydrogen) atoms. The second-order valence-electron chi connectivity index (χ2n) is 8.95. The number of nitrogens with two attached hydrogens (primary N) is 1. The van der Waals surface area contributed by atoms with Crippen LogP contribution in [0.5, 0.6) is 0 Å². The molecule has 4 atom stereocenters. The van der Waals surface area contributed by atoms with Crippen molar-refractivity contribution in [2.45, 2.75) is 38.6 Å². The molecular weight excluding hydrogens is 460 g/mol. The van der Waals surface area contributed by atoms with Crippen LogP contribution >= 0.6 is 0 Å². The Kier molecular flexibility index (Phi) is 6.64. The Morgan fingerprint density at radius 3 is 2.46 bits per heavy atom. The summed E-state index contributed by atoms with van der Waals surface area (Å²) in [5, 5.41) is 9.32. The number of Topliss-reactive ketones (excluding diaryl/α,β-unsaturated/α-hetero) is 2. The number of amides is 2. The van der Waals surface area contributed by atoms with Gasteiger partial charge in [-0.15, -0.1) is 0 Å². The number of piperazine rings is 1. The number of carbonyl (C=O) groups excluding carboxylic acids is 4. The predicted octanol–water partition coefficient (Wildman–Crippen LogP) is -1.02. The van der Waals surface area contributed by atoms with E-state index < -0.39 is 29.6 Å². The van der Waals surface area contributed by atoms with Crippen LogP contribution in [-0.4, -0.2) is 114 Å². The monoisotopic (exact) mass is 492 g/mol. The minimum absolute atomic E-state index is 0.114. The second-order valence-corrected chi connectivity index (χ2v) is 8.95. The lowest BCUT2D eigenvalue weighted by Gasteiger charge is -2.40. The number of allylic oxidation sites excluding steroid dienone is 2. The zero-order valence-electron chi connectivity index (χ0n) is 20.4. The number of rotatable bonds is 10. The summed E-state index contributed by atoms with van der Waals surface area (Å²) in [4.78, 5) is 57.0. The Bertz CT molecular complexity index is 1020. The number of methoxy groups -OCH3 is 1. The smallest absolute Gasteiger partial charge is 0.404 e. The van der Waals surface area contributed by atoms with Gasteiger partial charge in [0.1, 0.15) is 19.3 Å². The van der Waals surface area contributed by atoms with Crippen molar-refractivity contribution in [3.05, 3.63) is 22.6 Å². The molecule has 4 rings (SSSR count). The van der Waals surface area contributed by atoms with Gasteiger partial charge in [0.05, 0.1) is 29.8 Å². The van der Waals surface area contributed by atoms with Crippen LogP contribution in [0.2, 0.25) is 0 Å². The van der Waals surface area contributed by atoms with E-state index in [1.165, 1.54) is 14.0 Å². The van der Waals surface area contributed by atoms with Gasteiger partial charge < -0.3 is 34.9 Å². The zero-order valence-corrected chi connectivity index (χ0v) is 20.4. The number of likely N-dealkylation sites (N-methyl/N-ethyl adjacent to an activating group) is 1. The number of ether oxygens (including phenoxy) is 3. The Balaban J connectivity index is 1.82. The van der Waals surface area contributed by atoms with Gasteiger partial charge in [-0.05, 0) is 13.1 Å². The molecule has 0 aromatic rings. The molecule has 192 valence electrons. The average molecular weight is 493 g/mol. The van der Waals surface area contributed by atoms with E-state index in [0.717, 1.165) is 0 Å². The SMILES string of the molecule is CCN(CC)CC1=C(OCCO)C(=O)C2=C(C1=O)N1C[C@H]3[C@H](N3C(C)=O)[C@]1(OC)[C@@H]2COC(N)=O. The summed E-state index contributed by atoms with van der Waals surface area (Å²) in [6.07, 6.45) is -1.03. The van der Waals surface area contributed by atoms with E-state index in [2.05, 4.69) is 0 Å². The number of aliphatic hydroxyl groups is 1. The minimum Gasteiger partial charge on any atom is -0.487 e. The summed E-state index contributed by atoms with van der Waals surface area (Å²) in [5.41, 5.74) is 4.46. The maximum absolute atomic E-state index is 14.0. The van der Waals surface area contributed by atoms with Crippen LogP contribution in [0, 0.1) is 5.92 Å². The lowest BCUT2D eigenvalue weighted by atomic mass is 9.82. The Hall–Kier alpha value is -2.96. The highest BCUT2D eigenvalue weighted by atomic mass is 16.6. The van der Waals surface area contributed by atoms with Crippen molar-refractivity contribution in [1.29, 1.82) is 0 Å². The lowest BCUT2D eigenvalue weighted by Crippen LogP contribution is -2.56. The van der Waals surface area contributed by atoms with Crippen molar-refractivity contribution in [2.75, 3.05) is 53.1 Å². The van der Waals surface area contributed by atoms with Crippen molar-refractivity contribution in [3.8, 4) is 0 Å². The van der Waals surface area contributed by atoms with Crippen LogP contribution in [0.25, 0.3) is 0 Å². The summed E-state index contributed by atoms with van der Waals surface area (Å²) in [6, 6.07) is -0.617. The van der Waals surface area contributed by atoms with Crippen molar-refractivity contribution < 1.29 is 38.5 Å². The van der Waals surface area contributed by atoms with E-state index in [-0.39, 0.29) is 66.7 Å². The highest BCUT2D eigenvalue weighted by Crippen LogP contribution is 2.59. The molecule has 0 unspecified atom stereocenters. The molecule has 3 aliphatic heterocycles. The van der Waals surface area contributed by atoms with Gasteiger partial charge in [-0.1, -0.05) is 13.8 Å². The molecule has 3 N–H and O–H groups in total. The molecule has 0 saturated carbocycles. The molecule has 2 fully saturated rings. The van der Waals surface area contributed by atoms with Crippen LogP contribution in [-0.2, 0) is 28.6 Å². The van der Waals surface area contributed by atoms with Gasteiger partial charge in [0.2, 0.25) is 17.5 Å². The molecule has 2 saturated heterocycles. The Labute approximate surface area is 203 Å². The molecule has 1 aliphatic carbocycles. The number of ketones is 2. The number of hydrogen-bond donors (Lipinski definition) is 2. The lowest BCUT2D eigenvalue weighted by molar-refractivity contribution is -0.152. The number of nitrogens with zero attached hydrogens (tertiary/aromatic N) is 3. The van der Waals surface area contributed by atoms with Gasteiger partial charge in [0, 0.05) is 32.7 Å². The number of aliphatic hydroxyl groups excluding tert-OH is 1. The van der Waals surface area contributed by atoms with Crippen LogP contribution in [0.1, 0.15) is 20.8 Å². The van der Waals surface area contributed by atoms with Crippen molar-refractivity contribution >= 4 is 23.6 Å². The number of carbonyl (C=O) groups is 4. The third-order valence-electron chi connectivity index (χ3n) is 7.43. The van der Waals surface area contributed by atoms with Crippen molar-refractivity contribution in [2.24, 2.45) is 11.7 Å². The predicted molar refractivity (Wildman–Crippen MR) is 120 cm³/mol. The normalized spacial score (nSPS) is 29.0. The quantitative estimate of drug-likeness (QED) is 0.286.